The number of aromatic nitrogens is 3. The Morgan fingerprint density at radius 3 is 2.81 bits per heavy atom. The van der Waals surface area contributed by atoms with Crippen molar-refractivity contribution < 1.29 is 0 Å². The Labute approximate surface area is 101 Å². The summed E-state index contributed by atoms with van der Waals surface area (Å²) < 4.78 is 1.96. The van der Waals surface area contributed by atoms with Gasteiger partial charge in [-0.3, -0.25) is 9.67 Å². The molecule has 5 heteroatoms. The molecule has 0 bridgehead atoms. The van der Waals surface area contributed by atoms with Gasteiger partial charge in [-0.1, -0.05) is 24.0 Å². The molecule has 16 heavy (non-hydrogen) atoms. The van der Waals surface area contributed by atoms with Crippen molar-refractivity contribution in [2.24, 2.45) is 0 Å². The lowest BCUT2D eigenvalue weighted by Crippen LogP contribution is -2.11. The third kappa shape index (κ3) is 2.27. The summed E-state index contributed by atoms with van der Waals surface area (Å²) >= 11 is 5.95. The maximum absolute atomic E-state index is 5.95. The molecule has 0 amide bonds. The zero-order valence-corrected chi connectivity index (χ0v) is 10.1. The summed E-state index contributed by atoms with van der Waals surface area (Å²) in [5.74, 6) is 0. The number of pyridine rings is 1. The molecule has 1 unspecified atom stereocenters. The minimum absolute atomic E-state index is 0.208. The molecule has 0 radical (unpaired) electrons. The summed E-state index contributed by atoms with van der Waals surface area (Å²) in [7, 11) is 2.03. The zero-order valence-electron chi connectivity index (χ0n) is 9.39. The number of rotatable bonds is 3. The van der Waals surface area contributed by atoms with Crippen LogP contribution in [-0.2, 0) is 0 Å². The fourth-order valence-electron chi connectivity index (χ4n) is 1.79. The van der Waals surface area contributed by atoms with Gasteiger partial charge in [-0.25, -0.2) is 0 Å². The molecule has 0 aromatic carbocycles. The molecule has 0 fully saturated rings. The second kappa shape index (κ2) is 4.70. The number of hydrogen-bond acceptors (Lipinski definition) is 2. The van der Waals surface area contributed by atoms with Gasteiger partial charge in [0.15, 0.2) is 0 Å². The van der Waals surface area contributed by atoms with E-state index in [9.17, 15) is 0 Å². The van der Waals surface area contributed by atoms with Crippen LogP contribution in [0.4, 0.5) is 0 Å². The van der Waals surface area contributed by atoms with Crippen LogP contribution in [0, 0.1) is 0 Å². The molecular weight excluding hydrogens is 220 g/mol. The number of hydrogen-bond donors (Lipinski definition) is 0. The van der Waals surface area contributed by atoms with Crippen molar-refractivity contribution >= 4 is 24.9 Å². The van der Waals surface area contributed by atoms with Crippen LogP contribution in [0.25, 0.3) is 0 Å². The predicted molar refractivity (Wildman–Crippen MR) is 68.1 cm³/mol. The smallest absolute Gasteiger partial charge is 0.143 e. The zero-order chi connectivity index (χ0) is 11.5. The van der Waals surface area contributed by atoms with E-state index in [0.717, 1.165) is 17.4 Å². The Kier molecular flexibility index (Phi) is 3.29. The monoisotopic (exact) mass is 233 g/mol. The SMILES string of the molecule is Bc1cnn(C(CC)c2cncc(Cl)c2)c1. The van der Waals surface area contributed by atoms with Crippen molar-refractivity contribution in [1.29, 1.82) is 0 Å². The Hall–Kier alpha value is -1.29. The molecule has 1 atom stereocenters. The van der Waals surface area contributed by atoms with Crippen LogP contribution < -0.4 is 5.46 Å². The van der Waals surface area contributed by atoms with Crippen LogP contribution in [0.3, 0.4) is 0 Å². The van der Waals surface area contributed by atoms with Gasteiger partial charge < -0.3 is 0 Å². The lowest BCUT2D eigenvalue weighted by molar-refractivity contribution is 0.508. The summed E-state index contributed by atoms with van der Waals surface area (Å²) in [6, 6.07) is 2.15. The van der Waals surface area contributed by atoms with E-state index < -0.39 is 0 Å². The van der Waals surface area contributed by atoms with E-state index in [-0.39, 0.29) is 6.04 Å². The Morgan fingerprint density at radius 2 is 2.25 bits per heavy atom. The molecular formula is C11H13BClN3. The second-order valence-electron chi connectivity index (χ2n) is 3.86. The van der Waals surface area contributed by atoms with Gasteiger partial charge in [-0.05, 0) is 18.1 Å². The molecule has 0 aliphatic carbocycles. The van der Waals surface area contributed by atoms with Gasteiger partial charge in [0, 0.05) is 24.8 Å². The first-order valence-corrected chi connectivity index (χ1v) is 5.69. The van der Waals surface area contributed by atoms with Gasteiger partial charge in [-0.15, -0.1) is 0 Å². The molecule has 0 aliphatic rings. The quantitative estimate of drug-likeness (QED) is 0.746. The molecule has 3 nitrogen and oxygen atoms in total. The molecule has 2 aromatic heterocycles. The highest BCUT2D eigenvalue weighted by Crippen LogP contribution is 2.22. The van der Waals surface area contributed by atoms with Crippen molar-refractivity contribution in [3.63, 3.8) is 0 Å². The summed E-state index contributed by atoms with van der Waals surface area (Å²) in [6.45, 7) is 2.13. The summed E-state index contributed by atoms with van der Waals surface area (Å²) in [4.78, 5) is 4.11. The van der Waals surface area contributed by atoms with Crippen molar-refractivity contribution in [2.45, 2.75) is 19.4 Å². The fraction of sp³-hybridized carbons (Fsp3) is 0.273. The first kappa shape index (κ1) is 11.2. The molecule has 0 spiro atoms. The van der Waals surface area contributed by atoms with E-state index in [2.05, 4.69) is 17.0 Å². The number of halogens is 1. The van der Waals surface area contributed by atoms with Crippen molar-refractivity contribution in [1.82, 2.24) is 14.8 Å². The first-order chi connectivity index (χ1) is 7.70. The molecule has 0 aliphatic heterocycles. The van der Waals surface area contributed by atoms with Crippen LogP contribution in [-0.4, -0.2) is 22.6 Å². The van der Waals surface area contributed by atoms with E-state index in [1.165, 1.54) is 0 Å². The van der Waals surface area contributed by atoms with E-state index in [1.807, 2.05) is 37.2 Å². The topological polar surface area (TPSA) is 30.7 Å². The van der Waals surface area contributed by atoms with Crippen molar-refractivity contribution in [3.8, 4) is 0 Å². The van der Waals surface area contributed by atoms with E-state index >= 15 is 0 Å². The molecule has 2 rings (SSSR count). The molecule has 82 valence electrons. The Balaban J connectivity index is 2.36. The summed E-state index contributed by atoms with van der Waals surface area (Å²) in [5.41, 5.74) is 2.26. The summed E-state index contributed by atoms with van der Waals surface area (Å²) in [5, 5.41) is 5.01. The van der Waals surface area contributed by atoms with Crippen LogP contribution in [0.5, 0.6) is 0 Å². The molecule has 0 N–H and O–H groups in total. The predicted octanol–water partition coefficient (Wildman–Crippen LogP) is 1.19. The minimum Gasteiger partial charge on any atom is -0.266 e. The second-order valence-corrected chi connectivity index (χ2v) is 4.29. The standard InChI is InChI=1S/C11H13BClN3/c1-2-11(16-7-9(12)5-15-16)8-3-10(13)6-14-4-8/h3-7,11H,2,12H2,1H3. The Morgan fingerprint density at radius 1 is 1.44 bits per heavy atom. The van der Waals surface area contributed by atoms with Crippen molar-refractivity contribution in [3.05, 3.63) is 41.4 Å². The van der Waals surface area contributed by atoms with Gasteiger partial charge in [0.05, 0.1) is 11.1 Å². The molecule has 2 aromatic rings. The highest BCUT2D eigenvalue weighted by Gasteiger charge is 2.12. The molecule has 0 saturated carbocycles. The van der Waals surface area contributed by atoms with Gasteiger partial charge in [0.2, 0.25) is 0 Å². The normalized spacial score (nSPS) is 12.6. The average molecular weight is 234 g/mol. The highest BCUT2D eigenvalue weighted by molar-refractivity contribution is 6.32. The average Bonchev–Trinajstić information content (AvgIpc) is 2.66. The van der Waals surface area contributed by atoms with E-state index in [1.54, 1.807) is 6.20 Å². The minimum atomic E-state index is 0.208. The van der Waals surface area contributed by atoms with E-state index in [0.29, 0.717) is 5.02 Å². The van der Waals surface area contributed by atoms with Crippen LogP contribution in [0.2, 0.25) is 5.02 Å². The molecule has 0 saturated heterocycles. The van der Waals surface area contributed by atoms with E-state index in [4.69, 9.17) is 11.6 Å². The van der Waals surface area contributed by atoms with Gasteiger partial charge in [0.1, 0.15) is 7.85 Å². The maximum Gasteiger partial charge on any atom is 0.143 e. The van der Waals surface area contributed by atoms with Crippen LogP contribution in [0.15, 0.2) is 30.9 Å². The lowest BCUT2D eigenvalue weighted by Gasteiger charge is -2.15. The summed E-state index contributed by atoms with van der Waals surface area (Å²) in [6.07, 6.45) is 8.35. The van der Waals surface area contributed by atoms with Crippen LogP contribution in [0.1, 0.15) is 24.9 Å². The number of nitrogens with zero attached hydrogens (tertiary/aromatic N) is 3. The Bertz CT molecular complexity index is 484. The van der Waals surface area contributed by atoms with Gasteiger partial charge >= 0.3 is 0 Å². The fourth-order valence-corrected chi connectivity index (χ4v) is 1.97. The highest BCUT2D eigenvalue weighted by atomic mass is 35.5. The van der Waals surface area contributed by atoms with Crippen molar-refractivity contribution in [2.75, 3.05) is 0 Å². The van der Waals surface area contributed by atoms with Gasteiger partial charge in [0.25, 0.3) is 0 Å². The lowest BCUT2D eigenvalue weighted by atomic mass is 10.0. The third-order valence-corrected chi connectivity index (χ3v) is 2.75. The maximum atomic E-state index is 5.95. The largest absolute Gasteiger partial charge is 0.266 e. The molecule has 2 heterocycles. The first-order valence-electron chi connectivity index (χ1n) is 5.32. The third-order valence-electron chi connectivity index (χ3n) is 2.55. The van der Waals surface area contributed by atoms with Crippen LogP contribution >= 0.6 is 11.6 Å². The van der Waals surface area contributed by atoms with Gasteiger partial charge in [-0.2, -0.15) is 5.10 Å².